The van der Waals surface area contributed by atoms with Crippen LogP contribution in [-0.4, -0.2) is 14.4 Å². The van der Waals surface area contributed by atoms with E-state index in [4.69, 9.17) is 0 Å². The number of anilines is 2. The van der Waals surface area contributed by atoms with Crippen LogP contribution in [-0.2, 0) is 15.6 Å². The van der Waals surface area contributed by atoms with Gasteiger partial charge < -0.3 is 10.6 Å². The van der Waals surface area contributed by atoms with Crippen molar-refractivity contribution in [3.63, 3.8) is 0 Å². The summed E-state index contributed by atoms with van der Waals surface area (Å²) in [4.78, 5) is 12.7. The second kappa shape index (κ2) is 9.33. The van der Waals surface area contributed by atoms with Crippen molar-refractivity contribution in [3.8, 4) is 11.1 Å². The first-order chi connectivity index (χ1) is 15.4. The summed E-state index contributed by atoms with van der Waals surface area (Å²) >= 11 is 1.50. The van der Waals surface area contributed by atoms with Gasteiger partial charge in [0.1, 0.15) is 5.82 Å². The summed E-state index contributed by atoms with van der Waals surface area (Å²) in [6.45, 7) is 0. The highest BCUT2D eigenvalue weighted by Crippen LogP contribution is 2.33. The normalized spacial score (nSPS) is 11.2. The zero-order chi connectivity index (χ0) is 22.6. The molecule has 2 amide bonds. The van der Waals surface area contributed by atoms with Crippen LogP contribution in [0.2, 0.25) is 0 Å². The second-order valence-electron chi connectivity index (χ2n) is 7.05. The first-order valence-corrected chi connectivity index (χ1v) is 12.3. The van der Waals surface area contributed by atoms with Gasteiger partial charge in [0.15, 0.2) is 9.84 Å². The van der Waals surface area contributed by atoms with Crippen LogP contribution in [0.5, 0.6) is 0 Å². The Hall–Kier alpha value is -3.49. The molecule has 0 aliphatic rings. The molecule has 8 heteroatoms. The van der Waals surface area contributed by atoms with E-state index in [1.165, 1.54) is 41.7 Å². The monoisotopic (exact) mass is 466 g/mol. The second-order valence-corrected chi connectivity index (χ2v) is 9.82. The fourth-order valence-corrected chi connectivity index (χ4v) is 5.21. The van der Waals surface area contributed by atoms with E-state index in [1.807, 2.05) is 22.9 Å². The van der Waals surface area contributed by atoms with Crippen LogP contribution in [0, 0.1) is 5.82 Å². The van der Waals surface area contributed by atoms with Gasteiger partial charge in [0.2, 0.25) is 0 Å². The number of amides is 2. The van der Waals surface area contributed by atoms with Crippen molar-refractivity contribution >= 4 is 38.6 Å². The minimum atomic E-state index is -3.63. The molecule has 0 fully saturated rings. The van der Waals surface area contributed by atoms with E-state index in [0.717, 1.165) is 5.56 Å². The number of rotatable bonds is 6. The maximum absolute atomic E-state index is 13.1. The van der Waals surface area contributed by atoms with Crippen molar-refractivity contribution in [3.05, 3.63) is 101 Å². The first-order valence-electron chi connectivity index (χ1n) is 9.67. The van der Waals surface area contributed by atoms with E-state index in [1.54, 1.807) is 36.4 Å². The third-order valence-electron chi connectivity index (χ3n) is 4.73. The molecule has 2 N–H and O–H groups in total. The molecule has 0 saturated heterocycles. The summed E-state index contributed by atoms with van der Waals surface area (Å²) in [7, 11) is -3.63. The predicted octanol–water partition coefficient (Wildman–Crippen LogP) is 6.17. The summed E-state index contributed by atoms with van der Waals surface area (Å²) < 4.78 is 39.1. The lowest BCUT2D eigenvalue weighted by Gasteiger charge is -2.14. The zero-order valence-electron chi connectivity index (χ0n) is 16.8. The van der Waals surface area contributed by atoms with Crippen molar-refractivity contribution < 1.29 is 17.6 Å². The van der Waals surface area contributed by atoms with Crippen molar-refractivity contribution in [1.29, 1.82) is 0 Å². The molecule has 32 heavy (non-hydrogen) atoms. The number of thiophene rings is 1. The van der Waals surface area contributed by atoms with Gasteiger partial charge in [0.25, 0.3) is 0 Å². The molecule has 3 aromatic carbocycles. The number of halogens is 1. The molecular formula is C24H19FN2O3S2. The molecule has 162 valence electrons. The molecule has 0 radical (unpaired) electrons. The molecule has 0 saturated carbocycles. The average Bonchev–Trinajstić information content (AvgIpc) is 3.30. The van der Waals surface area contributed by atoms with Gasteiger partial charge in [-0.05, 0) is 64.4 Å². The molecule has 0 aliphatic carbocycles. The van der Waals surface area contributed by atoms with Gasteiger partial charge in [0, 0.05) is 11.3 Å². The minimum Gasteiger partial charge on any atom is -0.308 e. The lowest BCUT2D eigenvalue weighted by molar-refractivity contribution is 0.262. The van der Waals surface area contributed by atoms with Crippen molar-refractivity contribution in [2.24, 2.45) is 0 Å². The number of benzene rings is 3. The highest BCUT2D eigenvalue weighted by Gasteiger charge is 2.19. The van der Waals surface area contributed by atoms with E-state index in [2.05, 4.69) is 10.6 Å². The molecule has 5 nitrogen and oxygen atoms in total. The van der Waals surface area contributed by atoms with Gasteiger partial charge in [-0.1, -0.05) is 36.4 Å². The smallest absolute Gasteiger partial charge is 0.308 e. The van der Waals surface area contributed by atoms with E-state index in [9.17, 15) is 17.6 Å². The van der Waals surface area contributed by atoms with E-state index in [-0.39, 0.29) is 10.6 Å². The number of hydrogen-bond donors (Lipinski definition) is 2. The Morgan fingerprint density at radius 2 is 1.66 bits per heavy atom. The zero-order valence-corrected chi connectivity index (χ0v) is 18.4. The van der Waals surface area contributed by atoms with Crippen LogP contribution < -0.4 is 10.6 Å². The number of carbonyl (C=O) groups is 1. The Morgan fingerprint density at radius 3 is 2.34 bits per heavy atom. The largest absolute Gasteiger partial charge is 0.323 e. The lowest BCUT2D eigenvalue weighted by atomic mass is 10.1. The molecule has 0 spiro atoms. The Morgan fingerprint density at radius 1 is 0.906 bits per heavy atom. The van der Waals surface area contributed by atoms with E-state index >= 15 is 0 Å². The van der Waals surface area contributed by atoms with Gasteiger partial charge in [-0.3, -0.25) is 0 Å². The van der Waals surface area contributed by atoms with Crippen LogP contribution >= 0.6 is 11.3 Å². The van der Waals surface area contributed by atoms with Crippen molar-refractivity contribution in [2.45, 2.75) is 10.6 Å². The highest BCUT2D eigenvalue weighted by molar-refractivity contribution is 7.90. The van der Waals surface area contributed by atoms with E-state index in [0.29, 0.717) is 22.5 Å². The quantitative estimate of drug-likeness (QED) is 0.357. The number of sulfone groups is 1. The SMILES string of the molecule is O=C(Nc1ccc(F)cc1)Nc1cc(S(=O)(=O)Cc2ccccc2)ccc1-c1ccsc1. The fraction of sp³-hybridized carbons (Fsp3) is 0.0417. The third kappa shape index (κ3) is 5.22. The Bertz CT molecular complexity index is 1320. The summed E-state index contributed by atoms with van der Waals surface area (Å²) in [5, 5.41) is 9.17. The Balaban J connectivity index is 1.64. The van der Waals surface area contributed by atoms with Crippen LogP contribution in [0.3, 0.4) is 0 Å². The van der Waals surface area contributed by atoms with Crippen LogP contribution in [0.1, 0.15) is 5.56 Å². The topological polar surface area (TPSA) is 75.3 Å². The summed E-state index contributed by atoms with van der Waals surface area (Å²) in [5.74, 6) is -0.556. The number of carbonyl (C=O) groups excluding carboxylic acids is 1. The molecule has 4 rings (SSSR count). The standard InChI is InChI=1S/C24H19FN2O3S2/c25-19-6-8-20(9-7-19)26-24(28)27-23-14-21(10-11-22(23)18-12-13-31-15-18)32(29,30)16-17-4-2-1-3-5-17/h1-15H,16H2,(H2,26,27,28). The van der Waals surface area contributed by atoms with Crippen LogP contribution in [0.25, 0.3) is 11.1 Å². The number of urea groups is 1. The minimum absolute atomic E-state index is 0.109. The van der Waals surface area contributed by atoms with Gasteiger partial charge in [-0.2, -0.15) is 11.3 Å². The molecule has 0 bridgehead atoms. The summed E-state index contributed by atoms with van der Waals surface area (Å²) in [5.41, 5.74) is 3.00. The van der Waals surface area contributed by atoms with Crippen LogP contribution in [0.15, 0.2) is 94.5 Å². The van der Waals surface area contributed by atoms with Gasteiger partial charge >= 0.3 is 6.03 Å². The first kappa shape index (κ1) is 21.7. The average molecular weight is 467 g/mol. The van der Waals surface area contributed by atoms with Gasteiger partial charge in [0.05, 0.1) is 16.3 Å². The van der Waals surface area contributed by atoms with E-state index < -0.39 is 21.7 Å². The summed E-state index contributed by atoms with van der Waals surface area (Å²) in [6.07, 6.45) is 0. The van der Waals surface area contributed by atoms with Crippen molar-refractivity contribution in [2.75, 3.05) is 10.6 Å². The summed E-state index contributed by atoms with van der Waals surface area (Å²) in [6, 6.07) is 20.3. The Kier molecular flexibility index (Phi) is 6.34. The number of nitrogens with one attached hydrogen (secondary N) is 2. The maximum atomic E-state index is 13.1. The lowest BCUT2D eigenvalue weighted by Crippen LogP contribution is -2.20. The highest BCUT2D eigenvalue weighted by atomic mass is 32.2. The Labute approximate surface area is 189 Å². The molecule has 1 aromatic heterocycles. The fourth-order valence-electron chi connectivity index (χ4n) is 3.18. The van der Waals surface area contributed by atoms with Crippen molar-refractivity contribution in [1.82, 2.24) is 0 Å². The molecule has 0 aliphatic heterocycles. The number of hydrogen-bond acceptors (Lipinski definition) is 4. The molecule has 0 unspecified atom stereocenters. The molecule has 0 atom stereocenters. The van der Waals surface area contributed by atoms with Gasteiger partial charge in [-0.15, -0.1) is 0 Å². The molecule has 1 heterocycles. The van der Waals surface area contributed by atoms with Gasteiger partial charge in [-0.25, -0.2) is 17.6 Å². The third-order valence-corrected chi connectivity index (χ3v) is 7.10. The predicted molar refractivity (Wildman–Crippen MR) is 126 cm³/mol. The molecular weight excluding hydrogens is 447 g/mol. The maximum Gasteiger partial charge on any atom is 0.323 e. The molecule has 4 aromatic rings. The van der Waals surface area contributed by atoms with Crippen LogP contribution in [0.4, 0.5) is 20.6 Å².